The molecule has 1 rings (SSSR count). The number of methoxy groups -OCH3 is 1. The van der Waals surface area contributed by atoms with Gasteiger partial charge in [-0.15, -0.1) is 12.4 Å². The summed E-state index contributed by atoms with van der Waals surface area (Å²) in [6.07, 6.45) is 1.64. The van der Waals surface area contributed by atoms with E-state index in [1.54, 1.807) is 21.0 Å². The number of sulfonamides is 1. The number of carbonyl (C=O) groups is 2. The van der Waals surface area contributed by atoms with E-state index in [0.29, 0.717) is 13.2 Å². The second-order valence-corrected chi connectivity index (χ2v) is 9.00. The fourth-order valence-corrected chi connectivity index (χ4v) is 3.81. The number of piperidine rings is 1. The third kappa shape index (κ3) is 10.8. The van der Waals surface area contributed by atoms with Gasteiger partial charge < -0.3 is 20.7 Å². The Balaban J connectivity index is 0.00000676. The minimum atomic E-state index is -3.68. The van der Waals surface area contributed by atoms with E-state index in [1.165, 1.54) is 0 Å². The van der Waals surface area contributed by atoms with Crippen LogP contribution in [0.3, 0.4) is 0 Å². The lowest BCUT2D eigenvalue weighted by Gasteiger charge is -2.37. The fourth-order valence-electron chi connectivity index (χ4n) is 2.86. The van der Waals surface area contributed by atoms with Crippen molar-refractivity contribution in [2.24, 2.45) is 5.41 Å². The van der Waals surface area contributed by atoms with Crippen molar-refractivity contribution in [2.75, 3.05) is 45.6 Å². The summed E-state index contributed by atoms with van der Waals surface area (Å²) in [5.74, 6) is -1.08. The van der Waals surface area contributed by atoms with Crippen LogP contribution in [0.25, 0.3) is 0 Å². The van der Waals surface area contributed by atoms with Gasteiger partial charge in [-0.25, -0.2) is 13.1 Å². The van der Waals surface area contributed by atoms with Crippen molar-refractivity contribution >= 4 is 34.2 Å². The summed E-state index contributed by atoms with van der Waals surface area (Å²) < 4.78 is 31.3. The zero-order valence-electron chi connectivity index (χ0n) is 16.3. The zero-order chi connectivity index (χ0) is 19.6. The lowest BCUT2D eigenvalue weighted by atomic mass is 9.79. The van der Waals surface area contributed by atoms with Gasteiger partial charge in [0.1, 0.15) is 0 Å². The molecule has 0 radical (unpaired) electrons. The molecule has 1 aliphatic heterocycles. The molecule has 160 valence electrons. The van der Waals surface area contributed by atoms with Crippen molar-refractivity contribution in [3.05, 3.63) is 0 Å². The highest BCUT2D eigenvalue weighted by Gasteiger charge is 2.32. The summed E-state index contributed by atoms with van der Waals surface area (Å²) in [6.45, 7) is 6.01. The lowest BCUT2D eigenvalue weighted by molar-refractivity contribution is -0.121. The quantitative estimate of drug-likeness (QED) is 0.347. The van der Waals surface area contributed by atoms with Crippen LogP contribution in [-0.4, -0.2) is 71.9 Å². The highest BCUT2D eigenvalue weighted by Crippen LogP contribution is 2.28. The van der Waals surface area contributed by atoms with E-state index in [0.717, 1.165) is 25.9 Å². The molecule has 4 N–H and O–H groups in total. The average molecular weight is 429 g/mol. The predicted molar refractivity (Wildman–Crippen MR) is 106 cm³/mol. The molecular weight excluding hydrogens is 396 g/mol. The maximum Gasteiger partial charge on any atom is 0.235 e. The molecule has 2 amide bonds. The van der Waals surface area contributed by atoms with Gasteiger partial charge >= 0.3 is 0 Å². The zero-order valence-corrected chi connectivity index (χ0v) is 17.9. The number of nitrogens with one attached hydrogen (secondary N) is 4. The smallest absolute Gasteiger partial charge is 0.235 e. The van der Waals surface area contributed by atoms with Crippen LogP contribution in [-0.2, 0) is 24.3 Å². The van der Waals surface area contributed by atoms with E-state index >= 15 is 0 Å². The Morgan fingerprint density at radius 2 is 1.81 bits per heavy atom. The summed E-state index contributed by atoms with van der Waals surface area (Å²) in [4.78, 5) is 23.5. The third-order valence-corrected chi connectivity index (χ3v) is 5.60. The highest BCUT2D eigenvalue weighted by atomic mass is 35.5. The number of hydrogen-bond donors (Lipinski definition) is 4. The SMILES string of the molecule is COCC1(CNC(=O)CCS(=O)(=O)NCC(=O)NC(C)C)CCNCC1.Cl. The van der Waals surface area contributed by atoms with Gasteiger partial charge in [0.2, 0.25) is 21.8 Å². The normalized spacial score (nSPS) is 16.4. The van der Waals surface area contributed by atoms with Gasteiger partial charge in [0.05, 0.1) is 18.9 Å². The van der Waals surface area contributed by atoms with E-state index in [9.17, 15) is 18.0 Å². The number of amides is 2. The summed E-state index contributed by atoms with van der Waals surface area (Å²) in [7, 11) is -2.04. The Morgan fingerprint density at radius 1 is 1.19 bits per heavy atom. The molecule has 11 heteroatoms. The van der Waals surface area contributed by atoms with Gasteiger partial charge in [-0.05, 0) is 39.8 Å². The van der Waals surface area contributed by atoms with E-state index in [-0.39, 0.29) is 48.5 Å². The summed E-state index contributed by atoms with van der Waals surface area (Å²) in [5, 5.41) is 8.69. The Kier molecular flexibility index (Phi) is 12.1. The molecule has 27 heavy (non-hydrogen) atoms. The van der Waals surface area contributed by atoms with Crippen LogP contribution in [0.4, 0.5) is 0 Å². The van der Waals surface area contributed by atoms with Gasteiger partial charge in [-0.2, -0.15) is 0 Å². The molecule has 0 bridgehead atoms. The monoisotopic (exact) mass is 428 g/mol. The number of ether oxygens (including phenoxy) is 1. The Morgan fingerprint density at radius 3 is 2.37 bits per heavy atom. The fraction of sp³-hybridized carbons (Fsp3) is 0.875. The first-order valence-electron chi connectivity index (χ1n) is 8.91. The van der Waals surface area contributed by atoms with Gasteiger partial charge in [0, 0.05) is 31.5 Å². The molecule has 1 heterocycles. The van der Waals surface area contributed by atoms with Crippen LogP contribution in [0.15, 0.2) is 0 Å². The first-order valence-corrected chi connectivity index (χ1v) is 10.6. The van der Waals surface area contributed by atoms with Crippen LogP contribution in [0.2, 0.25) is 0 Å². The average Bonchev–Trinajstić information content (AvgIpc) is 2.57. The van der Waals surface area contributed by atoms with E-state index in [4.69, 9.17) is 4.74 Å². The van der Waals surface area contributed by atoms with Gasteiger partial charge in [-0.1, -0.05) is 0 Å². The molecule has 0 atom stereocenters. The second kappa shape index (κ2) is 12.5. The molecule has 1 aliphatic rings. The molecule has 0 saturated carbocycles. The Labute approximate surface area is 168 Å². The van der Waals surface area contributed by atoms with Crippen molar-refractivity contribution in [3.8, 4) is 0 Å². The molecule has 1 saturated heterocycles. The van der Waals surface area contributed by atoms with Crippen LogP contribution in [0.1, 0.15) is 33.1 Å². The van der Waals surface area contributed by atoms with Crippen LogP contribution in [0.5, 0.6) is 0 Å². The molecule has 0 aromatic rings. The first-order chi connectivity index (χ1) is 12.2. The number of carbonyl (C=O) groups excluding carboxylic acids is 2. The van der Waals surface area contributed by atoms with Crippen LogP contribution < -0.4 is 20.7 Å². The van der Waals surface area contributed by atoms with Crippen molar-refractivity contribution in [1.29, 1.82) is 0 Å². The first kappa shape index (κ1) is 26.1. The van der Waals surface area contributed by atoms with Crippen molar-refractivity contribution in [1.82, 2.24) is 20.7 Å². The third-order valence-electron chi connectivity index (χ3n) is 4.28. The van der Waals surface area contributed by atoms with E-state index in [2.05, 4.69) is 20.7 Å². The number of hydrogen-bond acceptors (Lipinski definition) is 6. The van der Waals surface area contributed by atoms with Gasteiger partial charge in [-0.3, -0.25) is 9.59 Å². The summed E-state index contributed by atoms with van der Waals surface area (Å²) in [6, 6.07) is -0.0628. The Hall–Kier alpha value is -0.940. The molecule has 0 aliphatic carbocycles. The second-order valence-electron chi connectivity index (χ2n) is 7.07. The van der Waals surface area contributed by atoms with E-state index in [1.807, 2.05) is 0 Å². The maximum atomic E-state index is 12.0. The molecule has 0 aromatic heterocycles. The van der Waals surface area contributed by atoms with Gasteiger partial charge in [0.15, 0.2) is 0 Å². The number of rotatable bonds is 11. The Bertz CT molecular complexity index is 560. The predicted octanol–water partition coefficient (Wildman–Crippen LogP) is -0.625. The van der Waals surface area contributed by atoms with Crippen molar-refractivity contribution in [3.63, 3.8) is 0 Å². The minimum absolute atomic E-state index is 0. The molecule has 0 unspecified atom stereocenters. The summed E-state index contributed by atoms with van der Waals surface area (Å²) >= 11 is 0. The molecule has 1 fully saturated rings. The number of halogens is 1. The minimum Gasteiger partial charge on any atom is -0.384 e. The molecular formula is C16H33ClN4O5S. The molecule has 0 spiro atoms. The van der Waals surface area contributed by atoms with Crippen LogP contribution >= 0.6 is 12.4 Å². The van der Waals surface area contributed by atoms with E-state index < -0.39 is 15.9 Å². The maximum absolute atomic E-state index is 12.0. The van der Waals surface area contributed by atoms with Crippen molar-refractivity contribution in [2.45, 2.75) is 39.2 Å². The molecule has 0 aromatic carbocycles. The summed E-state index contributed by atoms with van der Waals surface area (Å²) in [5.41, 5.74) is -0.109. The largest absolute Gasteiger partial charge is 0.384 e. The lowest BCUT2D eigenvalue weighted by Crippen LogP contribution is -2.47. The van der Waals surface area contributed by atoms with Gasteiger partial charge in [0.25, 0.3) is 0 Å². The van der Waals surface area contributed by atoms with Crippen molar-refractivity contribution < 1.29 is 22.7 Å². The molecule has 9 nitrogen and oxygen atoms in total. The topological polar surface area (TPSA) is 126 Å². The highest BCUT2D eigenvalue weighted by molar-refractivity contribution is 7.89. The standard InChI is InChI=1S/C16H32N4O5S.ClH/c1-13(2)20-15(22)10-19-26(23,24)9-4-14(21)18-11-16(12-25-3)5-7-17-8-6-16;/h13,17,19H,4-12H2,1-3H3,(H,18,21)(H,20,22);1H. The van der Waals surface area contributed by atoms with Crippen LogP contribution in [0, 0.1) is 5.41 Å².